The predicted molar refractivity (Wildman–Crippen MR) is 86.6 cm³/mol. The van der Waals surface area contributed by atoms with E-state index in [0.29, 0.717) is 13.1 Å². The topological polar surface area (TPSA) is 75.2 Å². The number of aromatic nitrogens is 2. The van der Waals surface area contributed by atoms with E-state index in [1.54, 1.807) is 11.0 Å². The van der Waals surface area contributed by atoms with Crippen LogP contribution in [0.1, 0.15) is 35.2 Å². The molecule has 1 N–H and O–H groups in total. The molecule has 1 fully saturated rings. The lowest BCUT2D eigenvalue weighted by molar-refractivity contribution is 0.0721. The molecule has 1 amide bonds. The Morgan fingerprint density at radius 2 is 1.83 bits per heavy atom. The molecule has 1 aromatic heterocycles. The summed E-state index contributed by atoms with van der Waals surface area (Å²) in [7, 11) is 0. The fourth-order valence-electron chi connectivity index (χ4n) is 2.87. The summed E-state index contributed by atoms with van der Waals surface area (Å²) in [6.45, 7) is 0.984. The normalized spacial score (nSPS) is 14.6. The van der Waals surface area contributed by atoms with Gasteiger partial charge in [0.1, 0.15) is 11.4 Å². The average Bonchev–Trinajstić information content (AvgIpc) is 2.60. The fraction of sp³-hybridized carbons (Fsp3) is 0.353. The molecule has 1 saturated heterocycles. The number of rotatable bonds is 3. The Morgan fingerprint density at radius 1 is 1.12 bits per heavy atom. The molecule has 126 valence electrons. The van der Waals surface area contributed by atoms with E-state index < -0.39 is 23.0 Å². The van der Waals surface area contributed by atoms with Gasteiger partial charge in [0.2, 0.25) is 0 Å². The molecule has 6 nitrogen and oxygen atoms in total. The minimum absolute atomic E-state index is 0.0900. The maximum Gasteiger partial charge on any atom is 0.328 e. The fourth-order valence-corrected chi connectivity index (χ4v) is 2.87. The van der Waals surface area contributed by atoms with Crippen molar-refractivity contribution in [1.82, 2.24) is 14.5 Å². The predicted octanol–water partition coefficient (Wildman–Crippen LogP) is 1.35. The minimum atomic E-state index is -0.697. The average molecular weight is 331 g/mol. The van der Waals surface area contributed by atoms with Gasteiger partial charge in [-0.3, -0.25) is 14.2 Å². The number of H-pyrrole nitrogens is 1. The van der Waals surface area contributed by atoms with Gasteiger partial charge < -0.3 is 9.88 Å². The van der Waals surface area contributed by atoms with Gasteiger partial charge in [-0.1, -0.05) is 18.2 Å². The number of aromatic amines is 1. The molecule has 7 heteroatoms. The molecule has 0 unspecified atom stereocenters. The summed E-state index contributed by atoms with van der Waals surface area (Å²) in [6.07, 6.45) is 4.02. The summed E-state index contributed by atoms with van der Waals surface area (Å²) in [6, 6.07) is 5.92. The van der Waals surface area contributed by atoms with Crippen LogP contribution in [0, 0.1) is 5.82 Å². The van der Waals surface area contributed by atoms with E-state index >= 15 is 0 Å². The monoisotopic (exact) mass is 331 g/mol. The molecule has 0 aliphatic carbocycles. The van der Waals surface area contributed by atoms with Crippen LogP contribution in [0.2, 0.25) is 0 Å². The van der Waals surface area contributed by atoms with Gasteiger partial charge >= 0.3 is 5.69 Å². The molecule has 0 bridgehead atoms. The number of hydrogen-bond donors (Lipinski definition) is 1. The Kier molecular flexibility index (Phi) is 4.59. The molecule has 2 aromatic rings. The molecule has 3 rings (SSSR count). The second-order valence-electron chi connectivity index (χ2n) is 5.84. The maximum absolute atomic E-state index is 13.8. The van der Waals surface area contributed by atoms with E-state index in [9.17, 15) is 18.8 Å². The molecular formula is C17H18FN3O3. The quantitative estimate of drug-likeness (QED) is 0.922. The van der Waals surface area contributed by atoms with Crippen LogP contribution in [-0.4, -0.2) is 33.4 Å². The number of likely N-dealkylation sites (tertiary alicyclic amines) is 1. The lowest BCUT2D eigenvalue weighted by Crippen LogP contribution is -2.43. The van der Waals surface area contributed by atoms with Crippen LogP contribution in [-0.2, 0) is 6.54 Å². The van der Waals surface area contributed by atoms with Crippen molar-refractivity contribution in [2.24, 2.45) is 0 Å². The number of amides is 1. The van der Waals surface area contributed by atoms with E-state index in [-0.39, 0.29) is 17.7 Å². The van der Waals surface area contributed by atoms with Crippen LogP contribution >= 0.6 is 0 Å². The second kappa shape index (κ2) is 6.82. The van der Waals surface area contributed by atoms with Crippen molar-refractivity contribution < 1.29 is 9.18 Å². The lowest BCUT2D eigenvalue weighted by Gasteiger charge is -2.26. The molecule has 0 saturated carbocycles. The van der Waals surface area contributed by atoms with Crippen LogP contribution in [0.4, 0.5) is 4.39 Å². The van der Waals surface area contributed by atoms with Gasteiger partial charge in [-0.25, -0.2) is 9.18 Å². The van der Waals surface area contributed by atoms with Gasteiger partial charge in [0, 0.05) is 24.8 Å². The zero-order valence-corrected chi connectivity index (χ0v) is 13.1. The Bertz CT molecular complexity index is 866. The largest absolute Gasteiger partial charge is 0.338 e. The second-order valence-corrected chi connectivity index (χ2v) is 5.84. The first-order valence-electron chi connectivity index (χ1n) is 7.93. The Morgan fingerprint density at radius 3 is 2.54 bits per heavy atom. The van der Waals surface area contributed by atoms with Gasteiger partial charge in [-0.05, 0) is 25.3 Å². The number of halogens is 1. The Labute approximate surface area is 137 Å². The third-order valence-electron chi connectivity index (χ3n) is 4.22. The third-order valence-corrected chi connectivity index (χ3v) is 4.22. The summed E-state index contributed by atoms with van der Waals surface area (Å²) >= 11 is 0. The first-order valence-corrected chi connectivity index (χ1v) is 7.93. The van der Waals surface area contributed by atoms with E-state index in [0.717, 1.165) is 30.0 Å². The molecule has 2 heterocycles. The van der Waals surface area contributed by atoms with Gasteiger partial charge in [0.15, 0.2) is 0 Å². The molecular weight excluding hydrogens is 313 g/mol. The van der Waals surface area contributed by atoms with Crippen molar-refractivity contribution in [3.05, 3.63) is 68.2 Å². The lowest BCUT2D eigenvalue weighted by atomic mass is 10.1. The van der Waals surface area contributed by atoms with E-state index in [1.165, 1.54) is 18.2 Å². The van der Waals surface area contributed by atoms with Gasteiger partial charge in [0.05, 0.1) is 6.54 Å². The highest BCUT2D eigenvalue weighted by molar-refractivity contribution is 5.93. The summed E-state index contributed by atoms with van der Waals surface area (Å²) in [5.74, 6) is -0.894. The van der Waals surface area contributed by atoms with Crippen LogP contribution < -0.4 is 11.2 Å². The molecule has 1 aromatic carbocycles. The van der Waals surface area contributed by atoms with Crippen molar-refractivity contribution in [2.75, 3.05) is 13.1 Å². The van der Waals surface area contributed by atoms with Crippen LogP contribution in [0.5, 0.6) is 0 Å². The van der Waals surface area contributed by atoms with Crippen molar-refractivity contribution in [3.8, 4) is 0 Å². The van der Waals surface area contributed by atoms with E-state index in [4.69, 9.17) is 0 Å². The molecule has 0 atom stereocenters. The first kappa shape index (κ1) is 16.2. The Balaban J connectivity index is 1.96. The highest BCUT2D eigenvalue weighted by Gasteiger charge is 2.22. The first-order chi connectivity index (χ1) is 11.6. The molecule has 0 spiro atoms. The standard InChI is InChI=1S/C17H18FN3O3/c18-14-7-3-2-6-12(14)11-21-16(23)13(10-19-17(21)24)15(22)20-8-4-1-5-9-20/h2-3,6-7,10H,1,4-5,8-9,11H2,(H,19,24). The van der Waals surface area contributed by atoms with Crippen molar-refractivity contribution >= 4 is 5.91 Å². The molecule has 1 aliphatic rings. The number of carbonyl (C=O) groups is 1. The third kappa shape index (κ3) is 3.15. The SMILES string of the molecule is O=C(c1c[nH]c(=O)n(Cc2ccccc2F)c1=O)N1CCCCC1. The van der Waals surface area contributed by atoms with Crippen LogP contribution in [0.15, 0.2) is 40.1 Å². The number of carbonyl (C=O) groups excluding carboxylic acids is 1. The van der Waals surface area contributed by atoms with Crippen LogP contribution in [0.3, 0.4) is 0 Å². The maximum atomic E-state index is 13.8. The van der Waals surface area contributed by atoms with E-state index in [2.05, 4.69) is 4.98 Å². The molecule has 0 radical (unpaired) electrons. The summed E-state index contributed by atoms with van der Waals surface area (Å²) in [5, 5.41) is 0. The number of piperidine rings is 1. The van der Waals surface area contributed by atoms with Gasteiger partial charge in [0.25, 0.3) is 11.5 Å². The number of nitrogens with one attached hydrogen (secondary N) is 1. The van der Waals surface area contributed by atoms with Crippen molar-refractivity contribution in [2.45, 2.75) is 25.8 Å². The summed E-state index contributed by atoms with van der Waals surface area (Å²) < 4.78 is 14.6. The minimum Gasteiger partial charge on any atom is -0.338 e. The zero-order valence-electron chi connectivity index (χ0n) is 13.1. The molecule has 24 heavy (non-hydrogen) atoms. The number of benzene rings is 1. The number of nitrogens with zero attached hydrogens (tertiary/aromatic N) is 2. The highest BCUT2D eigenvalue weighted by atomic mass is 19.1. The van der Waals surface area contributed by atoms with Crippen molar-refractivity contribution in [3.63, 3.8) is 0 Å². The molecule has 1 aliphatic heterocycles. The Hall–Kier alpha value is -2.70. The van der Waals surface area contributed by atoms with Crippen molar-refractivity contribution in [1.29, 1.82) is 0 Å². The zero-order chi connectivity index (χ0) is 17.1. The van der Waals surface area contributed by atoms with E-state index in [1.807, 2.05) is 0 Å². The highest BCUT2D eigenvalue weighted by Crippen LogP contribution is 2.11. The van der Waals surface area contributed by atoms with Crippen LogP contribution in [0.25, 0.3) is 0 Å². The summed E-state index contributed by atoms with van der Waals surface area (Å²) in [4.78, 5) is 41.1. The smallest absolute Gasteiger partial charge is 0.328 e. The summed E-state index contributed by atoms with van der Waals surface area (Å²) in [5.41, 5.74) is -1.24. The number of hydrogen-bond acceptors (Lipinski definition) is 3. The van der Waals surface area contributed by atoms with Gasteiger partial charge in [-0.2, -0.15) is 0 Å². The van der Waals surface area contributed by atoms with Gasteiger partial charge in [-0.15, -0.1) is 0 Å².